The van der Waals surface area contributed by atoms with E-state index in [0.717, 1.165) is 10.6 Å². The number of amides is 1. The Morgan fingerprint density at radius 3 is 2.48 bits per heavy atom. The lowest BCUT2D eigenvalue weighted by atomic mass is 10.00. The highest BCUT2D eigenvalue weighted by atomic mass is 32.1. The van der Waals surface area contributed by atoms with Gasteiger partial charge in [0.25, 0.3) is 5.78 Å². The molecule has 1 saturated heterocycles. The van der Waals surface area contributed by atoms with Crippen LogP contribution in [-0.4, -0.2) is 21.8 Å². The molecule has 27 heavy (non-hydrogen) atoms. The standard InChI is InChI=1S/C21H16N2O3S/c1-13-7-5-11-16(22-13)23-18(15-10-6-12-27-15)17(20(25)21(23)26)19(24)14-8-3-2-4-9-14/h2-12,18,24H,1H3. The van der Waals surface area contributed by atoms with E-state index in [2.05, 4.69) is 4.98 Å². The van der Waals surface area contributed by atoms with E-state index in [0.29, 0.717) is 11.4 Å². The van der Waals surface area contributed by atoms with E-state index < -0.39 is 17.7 Å². The maximum atomic E-state index is 12.9. The molecule has 5 nitrogen and oxygen atoms in total. The number of Topliss-reactive ketones (excluding diaryl/α,β-unsaturated/α-hetero) is 1. The summed E-state index contributed by atoms with van der Waals surface area (Å²) in [6.07, 6.45) is 0. The molecule has 1 aliphatic rings. The van der Waals surface area contributed by atoms with Gasteiger partial charge < -0.3 is 5.11 Å². The average molecular weight is 376 g/mol. The predicted octanol–water partition coefficient (Wildman–Crippen LogP) is 4.08. The van der Waals surface area contributed by atoms with Gasteiger partial charge in [0.1, 0.15) is 17.6 Å². The summed E-state index contributed by atoms with van der Waals surface area (Å²) in [6.45, 7) is 1.82. The molecule has 3 aromatic rings. The highest BCUT2D eigenvalue weighted by Crippen LogP contribution is 2.42. The normalized spacial score (nSPS) is 18.9. The van der Waals surface area contributed by atoms with Crippen molar-refractivity contribution in [1.82, 2.24) is 4.98 Å². The molecule has 134 valence electrons. The van der Waals surface area contributed by atoms with Crippen LogP contribution in [0.1, 0.15) is 22.2 Å². The number of thiophene rings is 1. The van der Waals surface area contributed by atoms with E-state index in [-0.39, 0.29) is 11.3 Å². The number of hydrogen-bond donors (Lipinski definition) is 1. The number of carbonyl (C=O) groups is 2. The summed E-state index contributed by atoms with van der Waals surface area (Å²) >= 11 is 1.42. The number of ketones is 1. The van der Waals surface area contributed by atoms with Gasteiger partial charge in [-0.1, -0.05) is 42.5 Å². The van der Waals surface area contributed by atoms with E-state index in [1.807, 2.05) is 36.6 Å². The van der Waals surface area contributed by atoms with Crippen LogP contribution in [0.4, 0.5) is 5.82 Å². The summed E-state index contributed by atoms with van der Waals surface area (Å²) in [6, 6.07) is 17.1. The largest absolute Gasteiger partial charge is 0.507 e. The summed E-state index contributed by atoms with van der Waals surface area (Å²) in [5, 5.41) is 12.7. The van der Waals surface area contributed by atoms with Crippen LogP contribution in [0, 0.1) is 6.92 Å². The summed E-state index contributed by atoms with van der Waals surface area (Å²) < 4.78 is 0. The van der Waals surface area contributed by atoms with E-state index in [1.54, 1.807) is 36.4 Å². The van der Waals surface area contributed by atoms with Crippen molar-refractivity contribution in [2.24, 2.45) is 0 Å². The fourth-order valence-corrected chi connectivity index (χ4v) is 4.02. The van der Waals surface area contributed by atoms with Gasteiger partial charge in [0.2, 0.25) is 0 Å². The van der Waals surface area contributed by atoms with E-state index in [9.17, 15) is 14.7 Å². The van der Waals surface area contributed by atoms with Crippen molar-refractivity contribution in [3.05, 3.63) is 87.8 Å². The number of anilines is 1. The van der Waals surface area contributed by atoms with Gasteiger partial charge in [0.15, 0.2) is 0 Å². The summed E-state index contributed by atoms with van der Waals surface area (Å²) in [7, 11) is 0. The lowest BCUT2D eigenvalue weighted by Gasteiger charge is -2.23. The molecule has 1 N–H and O–H groups in total. The molecule has 0 bridgehead atoms. The molecule has 0 radical (unpaired) electrons. The first-order valence-corrected chi connectivity index (χ1v) is 9.29. The number of carbonyl (C=O) groups excluding carboxylic acids is 2. The van der Waals surface area contributed by atoms with Crippen LogP contribution in [0.3, 0.4) is 0 Å². The molecule has 0 spiro atoms. The third-order valence-corrected chi connectivity index (χ3v) is 5.35. The van der Waals surface area contributed by atoms with E-state index >= 15 is 0 Å². The number of nitrogens with zero attached hydrogens (tertiary/aromatic N) is 2. The van der Waals surface area contributed by atoms with Gasteiger partial charge in [0, 0.05) is 16.1 Å². The topological polar surface area (TPSA) is 70.5 Å². The van der Waals surface area contributed by atoms with Crippen molar-refractivity contribution in [2.45, 2.75) is 13.0 Å². The monoisotopic (exact) mass is 376 g/mol. The summed E-state index contributed by atoms with van der Waals surface area (Å²) in [5.41, 5.74) is 1.31. The fourth-order valence-electron chi connectivity index (χ4n) is 3.20. The van der Waals surface area contributed by atoms with E-state index in [4.69, 9.17) is 0 Å². The molecule has 0 aliphatic carbocycles. The lowest BCUT2D eigenvalue weighted by Crippen LogP contribution is -2.30. The Labute approximate surface area is 160 Å². The Morgan fingerprint density at radius 2 is 1.81 bits per heavy atom. The minimum absolute atomic E-state index is 0.0805. The number of benzene rings is 1. The van der Waals surface area contributed by atoms with Crippen molar-refractivity contribution >= 4 is 34.6 Å². The second kappa shape index (κ2) is 6.81. The SMILES string of the molecule is Cc1cccc(N2C(=O)C(=O)C(=C(O)c3ccccc3)C2c2cccs2)n1. The number of rotatable bonds is 3. The molecule has 1 aliphatic heterocycles. The lowest BCUT2D eigenvalue weighted by molar-refractivity contribution is -0.132. The number of aryl methyl sites for hydroxylation is 1. The second-order valence-electron chi connectivity index (χ2n) is 6.19. The predicted molar refractivity (Wildman–Crippen MR) is 105 cm³/mol. The molecule has 2 aromatic heterocycles. The minimum atomic E-state index is -0.710. The zero-order valence-corrected chi connectivity index (χ0v) is 15.3. The van der Waals surface area contributed by atoms with Crippen molar-refractivity contribution in [3.8, 4) is 0 Å². The van der Waals surface area contributed by atoms with Crippen molar-refractivity contribution < 1.29 is 14.7 Å². The highest BCUT2D eigenvalue weighted by molar-refractivity contribution is 7.10. The van der Waals surface area contributed by atoms with Crippen LogP contribution in [-0.2, 0) is 9.59 Å². The van der Waals surface area contributed by atoms with Crippen molar-refractivity contribution in [1.29, 1.82) is 0 Å². The van der Waals surface area contributed by atoms with Gasteiger partial charge in [-0.15, -0.1) is 11.3 Å². The Balaban J connectivity index is 1.94. The third kappa shape index (κ3) is 2.94. The number of hydrogen-bond acceptors (Lipinski definition) is 5. The van der Waals surface area contributed by atoms with Crippen LogP contribution in [0.15, 0.2) is 71.6 Å². The molecular formula is C21H16N2O3S. The zero-order chi connectivity index (χ0) is 19.0. The van der Waals surface area contributed by atoms with Crippen molar-refractivity contribution in [3.63, 3.8) is 0 Å². The molecule has 1 aromatic carbocycles. The number of aliphatic hydroxyl groups excluding tert-OH is 1. The quantitative estimate of drug-likeness (QED) is 0.425. The van der Waals surface area contributed by atoms with Gasteiger partial charge >= 0.3 is 5.91 Å². The Kier molecular flexibility index (Phi) is 4.33. The maximum absolute atomic E-state index is 12.9. The van der Waals surface area contributed by atoms with Gasteiger partial charge in [-0.3, -0.25) is 14.5 Å². The van der Waals surface area contributed by atoms with Gasteiger partial charge in [-0.25, -0.2) is 4.98 Å². The Hall–Kier alpha value is -3.25. The molecule has 6 heteroatoms. The van der Waals surface area contributed by atoms with Gasteiger partial charge in [0.05, 0.1) is 5.57 Å². The molecule has 1 amide bonds. The summed E-state index contributed by atoms with van der Waals surface area (Å²) in [5.74, 6) is -1.19. The highest BCUT2D eigenvalue weighted by Gasteiger charge is 2.47. The van der Waals surface area contributed by atoms with Gasteiger partial charge in [-0.2, -0.15) is 0 Å². The van der Waals surface area contributed by atoms with Crippen LogP contribution in [0.5, 0.6) is 0 Å². The van der Waals surface area contributed by atoms with Crippen LogP contribution in [0.25, 0.3) is 5.76 Å². The molecule has 0 saturated carbocycles. The van der Waals surface area contributed by atoms with Crippen LogP contribution in [0.2, 0.25) is 0 Å². The first-order chi connectivity index (χ1) is 13.1. The Bertz CT molecular complexity index is 1040. The molecule has 1 unspecified atom stereocenters. The average Bonchev–Trinajstić information content (AvgIpc) is 3.29. The smallest absolute Gasteiger partial charge is 0.301 e. The number of pyridine rings is 1. The van der Waals surface area contributed by atoms with Crippen molar-refractivity contribution in [2.75, 3.05) is 4.90 Å². The number of aliphatic hydroxyl groups is 1. The second-order valence-corrected chi connectivity index (χ2v) is 7.17. The maximum Gasteiger partial charge on any atom is 0.301 e. The molecule has 1 atom stereocenters. The zero-order valence-electron chi connectivity index (χ0n) is 14.5. The minimum Gasteiger partial charge on any atom is -0.507 e. The fraction of sp³-hybridized carbons (Fsp3) is 0.0952. The number of aromatic nitrogens is 1. The molecular weight excluding hydrogens is 360 g/mol. The Morgan fingerprint density at radius 1 is 1.04 bits per heavy atom. The first kappa shape index (κ1) is 17.2. The molecule has 3 heterocycles. The van der Waals surface area contributed by atoms with Gasteiger partial charge in [-0.05, 0) is 30.5 Å². The molecule has 1 fully saturated rings. The third-order valence-electron chi connectivity index (χ3n) is 4.42. The summed E-state index contributed by atoms with van der Waals surface area (Å²) in [4.78, 5) is 32.3. The first-order valence-electron chi connectivity index (χ1n) is 8.41. The molecule has 4 rings (SSSR count). The van der Waals surface area contributed by atoms with E-state index in [1.165, 1.54) is 16.2 Å². The van der Waals surface area contributed by atoms with Crippen LogP contribution < -0.4 is 4.90 Å². The van der Waals surface area contributed by atoms with Crippen LogP contribution >= 0.6 is 11.3 Å².